The maximum atomic E-state index is 11.0. The summed E-state index contributed by atoms with van der Waals surface area (Å²) in [7, 11) is 0. The van der Waals surface area contributed by atoms with E-state index in [0.29, 0.717) is 25.2 Å². The van der Waals surface area contributed by atoms with Crippen molar-refractivity contribution < 1.29 is 14.3 Å². The van der Waals surface area contributed by atoms with Crippen LogP contribution in [0.3, 0.4) is 0 Å². The van der Waals surface area contributed by atoms with Crippen molar-refractivity contribution in [3.8, 4) is 0 Å². The van der Waals surface area contributed by atoms with Gasteiger partial charge in [-0.1, -0.05) is 13.5 Å². The summed E-state index contributed by atoms with van der Waals surface area (Å²) in [5, 5.41) is 0. The van der Waals surface area contributed by atoms with Crippen LogP contribution < -0.4 is 0 Å². The van der Waals surface area contributed by atoms with Crippen LogP contribution in [0.4, 0.5) is 0 Å². The van der Waals surface area contributed by atoms with Gasteiger partial charge in [-0.05, 0) is 0 Å². The average molecular weight is 168 g/mol. The van der Waals surface area contributed by atoms with E-state index in [1.807, 2.05) is 0 Å². The maximum absolute atomic E-state index is 11.0. The fourth-order valence-electron chi connectivity index (χ4n) is 1.56. The molecule has 0 N–H and O–H groups in total. The third kappa shape index (κ3) is 0.966. The Balaban J connectivity index is 2.07. The van der Waals surface area contributed by atoms with Gasteiger partial charge in [0.2, 0.25) is 0 Å². The summed E-state index contributed by atoms with van der Waals surface area (Å²) >= 11 is 0. The molecule has 2 aliphatic rings. The highest BCUT2D eigenvalue weighted by Crippen LogP contribution is 2.39. The highest BCUT2D eigenvalue weighted by Gasteiger charge is 2.47. The van der Waals surface area contributed by atoms with Gasteiger partial charge < -0.3 is 9.47 Å². The number of rotatable bonds is 1. The molecule has 0 amide bonds. The number of carbonyl (C=O) groups is 1. The Morgan fingerprint density at radius 2 is 2.25 bits per heavy atom. The minimum Gasteiger partial charge on any atom is -0.458 e. The monoisotopic (exact) mass is 168 g/mol. The van der Waals surface area contributed by atoms with Gasteiger partial charge in [0.05, 0.1) is 18.6 Å². The molecule has 3 nitrogen and oxygen atoms in total. The van der Waals surface area contributed by atoms with E-state index in [4.69, 9.17) is 9.47 Å². The van der Waals surface area contributed by atoms with Gasteiger partial charge in [0.25, 0.3) is 0 Å². The highest BCUT2D eigenvalue weighted by atomic mass is 16.6. The van der Waals surface area contributed by atoms with Crippen LogP contribution in [0, 0.1) is 5.41 Å². The second-order valence-electron chi connectivity index (χ2n) is 3.85. The molecule has 0 radical (unpaired) electrons. The number of hydrogen-bond acceptors (Lipinski definition) is 3. The molecule has 12 heavy (non-hydrogen) atoms. The Labute approximate surface area is 71.3 Å². The summed E-state index contributed by atoms with van der Waals surface area (Å²) in [5.41, 5.74) is 0.628. The fraction of sp³-hybridized carbons (Fsp3) is 0.667. The molecular weight excluding hydrogens is 156 g/mol. The molecule has 0 saturated carbocycles. The van der Waals surface area contributed by atoms with Crippen molar-refractivity contribution >= 4 is 5.97 Å². The van der Waals surface area contributed by atoms with E-state index in [2.05, 4.69) is 13.5 Å². The van der Waals surface area contributed by atoms with E-state index in [1.165, 1.54) is 0 Å². The van der Waals surface area contributed by atoms with Crippen molar-refractivity contribution in [2.75, 3.05) is 13.2 Å². The van der Waals surface area contributed by atoms with E-state index in [9.17, 15) is 4.79 Å². The first-order valence-electron chi connectivity index (χ1n) is 4.08. The van der Waals surface area contributed by atoms with Crippen molar-refractivity contribution in [1.29, 1.82) is 0 Å². The lowest BCUT2D eigenvalue weighted by Crippen LogP contribution is -2.48. The number of ether oxygens (including phenoxy) is 2. The van der Waals surface area contributed by atoms with Gasteiger partial charge in [-0.3, -0.25) is 0 Å². The lowest BCUT2D eigenvalue weighted by molar-refractivity contribution is -0.176. The Kier molecular flexibility index (Phi) is 1.51. The van der Waals surface area contributed by atoms with Crippen LogP contribution >= 0.6 is 0 Å². The molecule has 2 aliphatic heterocycles. The van der Waals surface area contributed by atoms with Crippen LogP contribution in [0.25, 0.3) is 0 Å². The molecule has 2 rings (SSSR count). The lowest BCUT2D eigenvalue weighted by Gasteiger charge is -2.41. The van der Waals surface area contributed by atoms with Crippen molar-refractivity contribution in [3.63, 3.8) is 0 Å². The van der Waals surface area contributed by atoms with Gasteiger partial charge in [-0.2, -0.15) is 0 Å². The Bertz CT molecular complexity index is 224. The summed E-state index contributed by atoms with van der Waals surface area (Å²) in [4.78, 5) is 11.0. The van der Waals surface area contributed by atoms with Gasteiger partial charge in [0.1, 0.15) is 6.10 Å². The van der Waals surface area contributed by atoms with E-state index in [-0.39, 0.29) is 17.5 Å². The Morgan fingerprint density at radius 1 is 1.58 bits per heavy atom. The van der Waals surface area contributed by atoms with Gasteiger partial charge in [-0.25, -0.2) is 4.79 Å². The number of carbonyl (C=O) groups excluding carboxylic acids is 1. The molecule has 0 aliphatic carbocycles. The van der Waals surface area contributed by atoms with Crippen LogP contribution in [0.2, 0.25) is 0 Å². The predicted molar refractivity (Wildman–Crippen MR) is 42.6 cm³/mol. The minimum atomic E-state index is -0.242. The van der Waals surface area contributed by atoms with E-state index >= 15 is 0 Å². The second-order valence-corrected chi connectivity index (χ2v) is 3.85. The van der Waals surface area contributed by atoms with Crippen LogP contribution in [-0.4, -0.2) is 25.3 Å². The van der Waals surface area contributed by atoms with E-state index in [0.717, 1.165) is 0 Å². The number of cyclic esters (lactones) is 1. The van der Waals surface area contributed by atoms with Crippen LogP contribution in [0.1, 0.15) is 13.3 Å². The molecule has 2 fully saturated rings. The zero-order valence-corrected chi connectivity index (χ0v) is 7.13. The predicted octanol–water partition coefficient (Wildman–Crippen LogP) is 0.895. The summed E-state index contributed by atoms with van der Waals surface area (Å²) in [6.45, 7) is 7.10. The summed E-state index contributed by atoms with van der Waals surface area (Å²) < 4.78 is 10.3. The van der Waals surface area contributed by atoms with Crippen LogP contribution in [0.15, 0.2) is 12.2 Å². The van der Waals surface area contributed by atoms with E-state index < -0.39 is 0 Å². The molecule has 0 aromatic heterocycles. The first-order valence-corrected chi connectivity index (χ1v) is 4.08. The van der Waals surface area contributed by atoms with Crippen molar-refractivity contribution in [3.05, 3.63) is 12.2 Å². The topological polar surface area (TPSA) is 35.5 Å². The molecule has 2 saturated heterocycles. The molecule has 0 aromatic rings. The third-order valence-corrected chi connectivity index (χ3v) is 2.61. The molecular formula is C9H12O3. The largest absolute Gasteiger partial charge is 0.458 e. The molecule has 66 valence electrons. The van der Waals surface area contributed by atoms with Gasteiger partial charge in [0.15, 0.2) is 0 Å². The van der Waals surface area contributed by atoms with Crippen LogP contribution in [-0.2, 0) is 14.3 Å². The first kappa shape index (κ1) is 7.80. The highest BCUT2D eigenvalue weighted by molar-refractivity contribution is 5.90. The second kappa shape index (κ2) is 2.33. The van der Waals surface area contributed by atoms with Gasteiger partial charge in [-0.15, -0.1) is 0 Å². The molecule has 0 spiro atoms. The van der Waals surface area contributed by atoms with Gasteiger partial charge in [0, 0.05) is 12.0 Å². The molecule has 0 aromatic carbocycles. The van der Waals surface area contributed by atoms with Crippen LogP contribution in [0.5, 0.6) is 0 Å². The minimum absolute atomic E-state index is 0.00810. The molecule has 0 unspecified atom stereocenters. The first-order chi connectivity index (χ1) is 5.62. The summed E-state index contributed by atoms with van der Waals surface area (Å²) in [6.07, 6.45) is 0.657. The Hall–Kier alpha value is -0.830. The summed E-state index contributed by atoms with van der Waals surface area (Å²) in [6, 6.07) is 0. The fourth-order valence-corrected chi connectivity index (χ4v) is 1.56. The standard InChI is InChI=1S/C9H12O3/c1-6-3-7(12-8(6)10)9(2)4-11-5-9/h7H,1,3-5H2,2H3/t7-/m1/s1. The van der Waals surface area contributed by atoms with Crippen molar-refractivity contribution in [2.24, 2.45) is 5.41 Å². The SMILES string of the molecule is C=C1C[C@H](C2(C)COC2)OC1=O. The third-order valence-electron chi connectivity index (χ3n) is 2.61. The molecule has 3 heteroatoms. The lowest BCUT2D eigenvalue weighted by atomic mass is 9.81. The van der Waals surface area contributed by atoms with E-state index in [1.54, 1.807) is 0 Å². The number of esters is 1. The maximum Gasteiger partial charge on any atom is 0.333 e. The van der Waals surface area contributed by atoms with Crippen molar-refractivity contribution in [1.82, 2.24) is 0 Å². The number of hydrogen-bond donors (Lipinski definition) is 0. The van der Waals surface area contributed by atoms with Crippen molar-refractivity contribution in [2.45, 2.75) is 19.4 Å². The molecule has 2 heterocycles. The van der Waals surface area contributed by atoms with Gasteiger partial charge >= 0.3 is 5.97 Å². The quantitative estimate of drug-likeness (QED) is 0.431. The molecule has 0 bridgehead atoms. The summed E-state index contributed by atoms with van der Waals surface area (Å²) in [5.74, 6) is -0.242. The Morgan fingerprint density at radius 3 is 2.58 bits per heavy atom. The molecule has 1 atom stereocenters. The zero-order chi connectivity index (χ0) is 8.77. The smallest absolute Gasteiger partial charge is 0.333 e. The average Bonchev–Trinajstić information content (AvgIpc) is 2.28. The normalized spacial score (nSPS) is 32.9. The zero-order valence-electron chi connectivity index (χ0n) is 7.13.